The van der Waals surface area contributed by atoms with E-state index in [9.17, 15) is 0 Å². The van der Waals surface area contributed by atoms with Crippen molar-refractivity contribution >= 4 is 92.4 Å². The van der Waals surface area contributed by atoms with E-state index in [1.54, 1.807) is 0 Å². The van der Waals surface area contributed by atoms with E-state index in [0.29, 0.717) is 0 Å². The minimum atomic E-state index is 0. The van der Waals surface area contributed by atoms with Crippen LogP contribution in [0.1, 0.15) is 145 Å². The van der Waals surface area contributed by atoms with Crippen molar-refractivity contribution in [2.24, 2.45) is 26.1 Å². The zero-order chi connectivity index (χ0) is 65.8. The van der Waals surface area contributed by atoms with Crippen LogP contribution >= 0.6 is 23.2 Å². The Morgan fingerprint density at radius 3 is 1.37 bits per heavy atom. The van der Waals surface area contributed by atoms with Gasteiger partial charge in [-0.05, 0) is 190 Å². The Hall–Kier alpha value is -6.78. The molecule has 5 aromatic carbocycles. The molecule has 8 aromatic rings. The zero-order valence-corrected chi connectivity index (χ0v) is 62.2. The average molecular weight is 1340 g/mol. The van der Waals surface area contributed by atoms with Gasteiger partial charge in [-0.3, -0.25) is 20.1 Å². The molecule has 91 heavy (non-hydrogen) atoms. The monoisotopic (exact) mass is 1340 g/mol. The fourth-order valence-corrected chi connectivity index (χ4v) is 11.5. The molecule has 483 valence electrons. The van der Waals surface area contributed by atoms with Crippen LogP contribution < -0.4 is 40.4 Å². The maximum atomic E-state index is 6.15. The van der Waals surface area contributed by atoms with Crippen LogP contribution in [0.2, 0.25) is 10.0 Å². The van der Waals surface area contributed by atoms with Crippen molar-refractivity contribution in [1.29, 1.82) is 0 Å². The summed E-state index contributed by atoms with van der Waals surface area (Å²) in [6, 6.07) is 37.3. The number of rotatable bonds is 2. The summed E-state index contributed by atoms with van der Waals surface area (Å²) in [5.74, 6) is 3.20. The summed E-state index contributed by atoms with van der Waals surface area (Å²) in [5.41, 5.74) is 16.8. The number of aliphatic imine (C=N–C) groups is 1. The molecule has 4 aliphatic heterocycles. The van der Waals surface area contributed by atoms with Gasteiger partial charge in [0.25, 0.3) is 0 Å². The van der Waals surface area contributed by atoms with E-state index in [-0.39, 0.29) is 60.4 Å². The smallest absolute Gasteiger partial charge is 0.133 e. The Morgan fingerprint density at radius 1 is 0.505 bits per heavy atom. The third kappa shape index (κ3) is 17.7. The Balaban J connectivity index is 0.000000162. The van der Waals surface area contributed by atoms with Crippen molar-refractivity contribution in [2.75, 3.05) is 54.0 Å². The standard InChI is InChI=1S/C16H22N4.C16H20N2.C15H19ClN4.C15H20N4.C11H16ClN.Y/c1-11-6-7-14-13(8-11)18-15-12(9-17-19(15)5)10-20(14)16(2,3)4;1-5-17-14-10-11-18(16(2,3)4)15-9-7-6-8-13(15)12-14;1-15(2,3)20-9-10-8-17-19(4)14(10)18-12-7-11(16)5-6-13(12)20;1-15(2,3)19-10-11-9-16-18(4)14(11)17-12-7-5-6-8-13(12)19;1-11(2,3)13(4)10-7-5-9(12)6-8-10;/h6-9,18H,10H2,1-5H3;6-9H,10-11H2,1-4H3;5-8,18H,9H2,1-4H3;5-9,17H,10H2,1-4H3;5-8H,1-4H3;/q;-2;;;;. The molecule has 4 aliphatic rings. The number of nitrogens with one attached hydrogen (secondary N) is 3. The van der Waals surface area contributed by atoms with Crippen LogP contribution in [-0.4, -0.2) is 76.8 Å². The summed E-state index contributed by atoms with van der Waals surface area (Å²) in [4.78, 5) is 16.2. The van der Waals surface area contributed by atoms with Crippen LogP contribution in [0.4, 0.5) is 63.0 Å². The van der Waals surface area contributed by atoms with E-state index in [0.717, 1.165) is 94.1 Å². The van der Waals surface area contributed by atoms with Gasteiger partial charge < -0.3 is 45.4 Å². The normalized spacial score (nSPS) is 14.2. The minimum absolute atomic E-state index is 0. The van der Waals surface area contributed by atoms with Gasteiger partial charge in [0.05, 0.1) is 52.7 Å². The number of nitrogens with zero attached hydrogens (tertiary/aromatic N) is 12. The third-order valence-electron chi connectivity index (χ3n) is 16.4. The van der Waals surface area contributed by atoms with Crippen LogP contribution in [-0.2, 0) is 73.5 Å². The molecular formula is C73H97Cl2N15Y-2. The van der Waals surface area contributed by atoms with Gasteiger partial charge in [-0.2, -0.15) is 38.8 Å². The van der Waals surface area contributed by atoms with E-state index in [1.807, 2.05) is 97.1 Å². The van der Waals surface area contributed by atoms with Crippen molar-refractivity contribution in [2.45, 2.75) is 171 Å². The van der Waals surface area contributed by atoms with Gasteiger partial charge in [-0.25, -0.2) is 0 Å². The van der Waals surface area contributed by atoms with Crippen molar-refractivity contribution in [1.82, 2.24) is 29.3 Å². The number of hydrogen-bond donors (Lipinski definition) is 3. The molecule has 0 spiro atoms. The van der Waals surface area contributed by atoms with Gasteiger partial charge in [0.1, 0.15) is 17.5 Å². The Bertz CT molecular complexity index is 3690. The van der Waals surface area contributed by atoms with Crippen LogP contribution in [0.25, 0.3) is 0 Å². The fraction of sp³-hybridized carbons (Fsp3) is 0.425. The maximum absolute atomic E-state index is 6.15. The van der Waals surface area contributed by atoms with E-state index in [2.05, 4.69) is 264 Å². The molecule has 0 fully saturated rings. The molecule has 1 radical (unpaired) electrons. The summed E-state index contributed by atoms with van der Waals surface area (Å²) in [6.45, 7) is 40.9. The zero-order valence-electron chi connectivity index (χ0n) is 57.9. The van der Waals surface area contributed by atoms with Gasteiger partial charge in [0.15, 0.2) is 0 Å². The summed E-state index contributed by atoms with van der Waals surface area (Å²) in [5, 5.41) is 25.1. The molecule has 0 unspecified atom stereocenters. The van der Waals surface area contributed by atoms with Gasteiger partial charge in [0, 0.05) is 141 Å². The number of halogens is 2. The molecule has 3 aromatic heterocycles. The average Bonchev–Trinajstić information content (AvgIpc) is 1.75. The molecule has 0 aliphatic carbocycles. The molecule has 3 N–H and O–H groups in total. The maximum Gasteiger partial charge on any atom is 0.133 e. The number of anilines is 11. The number of benzene rings is 5. The predicted molar refractivity (Wildman–Crippen MR) is 383 cm³/mol. The van der Waals surface area contributed by atoms with Gasteiger partial charge in [-0.1, -0.05) is 65.6 Å². The second kappa shape index (κ2) is 29.0. The summed E-state index contributed by atoms with van der Waals surface area (Å²) >= 11 is 12.0. The first-order valence-corrected chi connectivity index (χ1v) is 31.9. The van der Waals surface area contributed by atoms with Crippen LogP contribution in [0.15, 0.2) is 138 Å². The van der Waals surface area contributed by atoms with E-state index < -0.39 is 0 Å². The van der Waals surface area contributed by atoms with E-state index in [4.69, 9.17) is 23.2 Å². The molecule has 15 nitrogen and oxygen atoms in total. The Kier molecular flexibility index (Phi) is 22.9. The molecule has 0 saturated carbocycles. The van der Waals surface area contributed by atoms with E-state index >= 15 is 0 Å². The topological polar surface area (TPSA) is 118 Å². The second-order valence-corrected chi connectivity index (χ2v) is 29.3. The predicted octanol–water partition coefficient (Wildman–Crippen LogP) is 18.1. The van der Waals surface area contributed by atoms with Gasteiger partial charge in [-0.15, -0.1) is 13.0 Å². The summed E-state index contributed by atoms with van der Waals surface area (Å²) < 4.78 is 5.68. The Morgan fingerprint density at radius 2 is 0.912 bits per heavy atom. The van der Waals surface area contributed by atoms with E-state index in [1.165, 1.54) is 45.0 Å². The number of aromatic nitrogens is 6. The first-order chi connectivity index (χ1) is 42.1. The van der Waals surface area contributed by atoms with Gasteiger partial charge >= 0.3 is 0 Å². The molecule has 12 rings (SSSR count). The molecule has 0 atom stereocenters. The molecule has 0 bridgehead atoms. The first-order valence-electron chi connectivity index (χ1n) is 31.1. The van der Waals surface area contributed by atoms with Crippen LogP contribution in [0.5, 0.6) is 0 Å². The molecule has 0 amide bonds. The molecule has 18 heteroatoms. The van der Waals surface area contributed by atoms with Crippen molar-refractivity contribution in [3.63, 3.8) is 0 Å². The van der Waals surface area contributed by atoms with Gasteiger partial charge in [0.2, 0.25) is 0 Å². The van der Waals surface area contributed by atoms with Crippen molar-refractivity contribution in [3.8, 4) is 0 Å². The number of hydrogen-bond acceptors (Lipinski definition) is 12. The largest absolute Gasteiger partial charge is 0.473 e. The van der Waals surface area contributed by atoms with Crippen LogP contribution in [0.3, 0.4) is 0 Å². The summed E-state index contributed by atoms with van der Waals surface area (Å²) in [7, 11) is 7.99. The quantitative estimate of drug-likeness (QED) is 0.113. The molecule has 7 heterocycles. The Labute approximate surface area is 579 Å². The fourth-order valence-electron chi connectivity index (χ4n) is 11.2. The molecular weight excluding hydrogens is 1250 g/mol. The number of para-hydroxylation sites is 3. The SMILES string of the molecule is CN(c1ccc(Cl)cc1)C(C)(C)C.C[C-]=NC1=[C-]c2ccccc2N(C(C)(C)C)CC1.Cc1ccc2c(c1)Nc1c(cnn1C)CN2C(C)(C)C.Cn1ncc2c1Nc1cc(Cl)ccc1N(C(C)(C)C)C2.Cn1ncc2c1Nc1ccccc1N(C(C)(C)C)C2.[Y]. The number of aryl methyl sites for hydroxylation is 4. The van der Waals surface area contributed by atoms with Crippen molar-refractivity contribution < 1.29 is 32.7 Å². The second-order valence-electron chi connectivity index (χ2n) is 28.5. The number of fused-ring (bicyclic) bond motifs is 7. The molecule has 0 saturated heterocycles. The first kappa shape index (κ1) is 71.7. The van der Waals surface area contributed by atoms with Crippen molar-refractivity contribution in [3.05, 3.63) is 177 Å². The van der Waals surface area contributed by atoms with Crippen LogP contribution in [0, 0.1) is 13.0 Å². The summed E-state index contributed by atoms with van der Waals surface area (Å²) in [6.07, 6.45) is 13.0. The third-order valence-corrected chi connectivity index (χ3v) is 16.9. The minimum Gasteiger partial charge on any atom is -0.473 e.